The molecular formula is C21H25N3O2. The Balaban J connectivity index is 1.32. The van der Waals surface area contributed by atoms with Crippen LogP contribution in [0.3, 0.4) is 0 Å². The van der Waals surface area contributed by atoms with Crippen molar-refractivity contribution in [2.75, 3.05) is 19.6 Å². The van der Waals surface area contributed by atoms with Gasteiger partial charge in [-0.2, -0.15) is 0 Å². The molecule has 1 aliphatic heterocycles. The number of likely N-dealkylation sites (tertiary alicyclic amines) is 1. The van der Waals surface area contributed by atoms with Gasteiger partial charge in [0.2, 0.25) is 0 Å². The van der Waals surface area contributed by atoms with E-state index in [2.05, 4.69) is 40.3 Å². The van der Waals surface area contributed by atoms with Crippen molar-refractivity contribution in [1.29, 1.82) is 0 Å². The summed E-state index contributed by atoms with van der Waals surface area (Å²) in [6, 6.07) is 9.97. The molecule has 4 rings (SSSR count). The number of benzene rings is 1. The Morgan fingerprint density at radius 1 is 1.23 bits per heavy atom. The molecule has 3 heterocycles. The van der Waals surface area contributed by atoms with Crippen LogP contribution in [0.15, 0.2) is 40.9 Å². The van der Waals surface area contributed by atoms with E-state index in [1.165, 1.54) is 34.9 Å². The van der Waals surface area contributed by atoms with E-state index < -0.39 is 0 Å². The van der Waals surface area contributed by atoms with Gasteiger partial charge in [0, 0.05) is 23.6 Å². The first-order valence-electron chi connectivity index (χ1n) is 9.35. The molecule has 1 aromatic carbocycles. The Kier molecular flexibility index (Phi) is 4.80. The number of carbonyl (C=O) groups is 1. The molecule has 1 saturated heterocycles. The van der Waals surface area contributed by atoms with Crippen LogP contribution >= 0.6 is 0 Å². The average molecular weight is 351 g/mol. The van der Waals surface area contributed by atoms with Crippen molar-refractivity contribution in [3.8, 4) is 0 Å². The van der Waals surface area contributed by atoms with E-state index in [4.69, 9.17) is 4.42 Å². The van der Waals surface area contributed by atoms with Gasteiger partial charge >= 0.3 is 0 Å². The third-order valence-corrected chi connectivity index (χ3v) is 5.15. The van der Waals surface area contributed by atoms with Crippen LogP contribution in [0, 0.1) is 6.92 Å². The van der Waals surface area contributed by atoms with Gasteiger partial charge in [-0.25, -0.2) is 0 Å². The highest BCUT2D eigenvalue weighted by Gasteiger charge is 2.16. The number of nitrogens with zero attached hydrogens (tertiary/aromatic N) is 1. The fourth-order valence-electron chi connectivity index (χ4n) is 3.71. The number of hydrogen-bond donors (Lipinski definition) is 2. The standard InChI is InChI=1S/C21H25N3O2/c1-15-5-4-6-18-16(13-23-20(15)18)9-10-22-21(25)19-8-7-17(26-19)14-24-11-2-3-12-24/h4-8,13,23H,2-3,9-12,14H2,1H3,(H,22,25). The maximum atomic E-state index is 12.3. The van der Waals surface area contributed by atoms with Crippen LogP contribution in [0.5, 0.6) is 0 Å². The number of amides is 1. The minimum absolute atomic E-state index is 0.145. The topological polar surface area (TPSA) is 61.3 Å². The minimum Gasteiger partial charge on any atom is -0.455 e. The molecular weight excluding hydrogens is 326 g/mol. The van der Waals surface area contributed by atoms with E-state index in [0.717, 1.165) is 31.8 Å². The summed E-state index contributed by atoms with van der Waals surface area (Å²) < 4.78 is 5.72. The normalized spacial score (nSPS) is 15.0. The number of aromatic nitrogens is 1. The fourth-order valence-corrected chi connectivity index (χ4v) is 3.71. The van der Waals surface area contributed by atoms with Crippen LogP contribution in [0.4, 0.5) is 0 Å². The first-order valence-corrected chi connectivity index (χ1v) is 9.35. The van der Waals surface area contributed by atoms with Gasteiger partial charge in [0.25, 0.3) is 5.91 Å². The van der Waals surface area contributed by atoms with Gasteiger partial charge < -0.3 is 14.7 Å². The monoisotopic (exact) mass is 351 g/mol. The van der Waals surface area contributed by atoms with Crippen molar-refractivity contribution in [3.05, 3.63) is 59.2 Å². The summed E-state index contributed by atoms with van der Waals surface area (Å²) in [7, 11) is 0. The first kappa shape index (κ1) is 16.9. The minimum atomic E-state index is -0.145. The van der Waals surface area contributed by atoms with Crippen molar-refractivity contribution in [1.82, 2.24) is 15.2 Å². The van der Waals surface area contributed by atoms with Crippen molar-refractivity contribution in [2.45, 2.75) is 32.7 Å². The summed E-state index contributed by atoms with van der Waals surface area (Å²) in [5.74, 6) is 1.12. The SMILES string of the molecule is Cc1cccc2c(CCNC(=O)c3ccc(CN4CCCC4)o3)c[nH]c12. The molecule has 0 spiro atoms. The Morgan fingerprint density at radius 3 is 2.92 bits per heavy atom. The lowest BCUT2D eigenvalue weighted by Gasteiger charge is -2.11. The molecule has 1 aliphatic rings. The Labute approximate surface area is 153 Å². The molecule has 0 unspecified atom stereocenters. The van der Waals surface area contributed by atoms with Gasteiger partial charge in [-0.3, -0.25) is 9.69 Å². The number of fused-ring (bicyclic) bond motifs is 1. The maximum Gasteiger partial charge on any atom is 0.287 e. The van der Waals surface area contributed by atoms with E-state index in [1.807, 2.05) is 12.3 Å². The number of H-pyrrole nitrogens is 1. The number of carbonyl (C=O) groups excluding carboxylic acids is 1. The molecule has 1 amide bonds. The molecule has 5 heteroatoms. The van der Waals surface area contributed by atoms with Crippen molar-refractivity contribution in [3.63, 3.8) is 0 Å². The van der Waals surface area contributed by atoms with Gasteiger partial charge in [0.05, 0.1) is 6.54 Å². The number of aryl methyl sites for hydroxylation is 1. The summed E-state index contributed by atoms with van der Waals surface area (Å²) in [4.78, 5) is 18.0. The highest BCUT2D eigenvalue weighted by molar-refractivity contribution is 5.91. The van der Waals surface area contributed by atoms with Crippen LogP contribution in [0.2, 0.25) is 0 Å². The van der Waals surface area contributed by atoms with Crippen LogP contribution in [-0.4, -0.2) is 35.4 Å². The van der Waals surface area contributed by atoms with Crippen LogP contribution < -0.4 is 5.32 Å². The molecule has 26 heavy (non-hydrogen) atoms. The average Bonchev–Trinajstić information content (AvgIpc) is 3.37. The number of nitrogens with one attached hydrogen (secondary N) is 2. The molecule has 136 valence electrons. The highest BCUT2D eigenvalue weighted by Crippen LogP contribution is 2.21. The lowest BCUT2D eigenvalue weighted by atomic mass is 10.1. The lowest BCUT2D eigenvalue weighted by molar-refractivity contribution is 0.0923. The van der Waals surface area contributed by atoms with E-state index in [9.17, 15) is 4.79 Å². The molecule has 2 N–H and O–H groups in total. The summed E-state index contributed by atoms with van der Waals surface area (Å²) in [6.07, 6.45) is 5.32. The zero-order chi connectivity index (χ0) is 17.9. The molecule has 0 saturated carbocycles. The summed E-state index contributed by atoms with van der Waals surface area (Å²) >= 11 is 0. The second-order valence-corrected chi connectivity index (χ2v) is 7.07. The number of aromatic amines is 1. The first-order chi connectivity index (χ1) is 12.7. The second-order valence-electron chi connectivity index (χ2n) is 7.07. The highest BCUT2D eigenvalue weighted by atomic mass is 16.4. The van der Waals surface area contributed by atoms with E-state index >= 15 is 0 Å². The zero-order valence-electron chi connectivity index (χ0n) is 15.2. The molecule has 0 atom stereocenters. The van der Waals surface area contributed by atoms with E-state index in [-0.39, 0.29) is 5.91 Å². The molecule has 3 aromatic rings. The summed E-state index contributed by atoms with van der Waals surface area (Å²) in [6.45, 7) is 5.71. The predicted octanol–water partition coefficient (Wildman–Crippen LogP) is 3.64. The largest absolute Gasteiger partial charge is 0.455 e. The Morgan fingerprint density at radius 2 is 2.08 bits per heavy atom. The number of hydrogen-bond acceptors (Lipinski definition) is 3. The molecule has 1 fully saturated rings. The van der Waals surface area contributed by atoms with Crippen LogP contribution in [-0.2, 0) is 13.0 Å². The summed E-state index contributed by atoms with van der Waals surface area (Å²) in [5, 5.41) is 4.19. The van der Waals surface area contributed by atoms with E-state index in [0.29, 0.717) is 12.3 Å². The maximum absolute atomic E-state index is 12.3. The molecule has 0 bridgehead atoms. The third-order valence-electron chi connectivity index (χ3n) is 5.15. The van der Waals surface area contributed by atoms with Gasteiger partial charge in [0.15, 0.2) is 5.76 Å². The van der Waals surface area contributed by atoms with E-state index in [1.54, 1.807) is 6.07 Å². The third kappa shape index (κ3) is 3.53. The quantitative estimate of drug-likeness (QED) is 0.713. The van der Waals surface area contributed by atoms with Gasteiger partial charge in [-0.1, -0.05) is 18.2 Å². The predicted molar refractivity (Wildman–Crippen MR) is 102 cm³/mol. The Bertz CT molecular complexity index is 903. The van der Waals surface area contributed by atoms with Gasteiger partial charge in [-0.15, -0.1) is 0 Å². The molecule has 0 radical (unpaired) electrons. The van der Waals surface area contributed by atoms with Gasteiger partial charge in [-0.05, 0) is 62.5 Å². The number of furan rings is 1. The summed E-state index contributed by atoms with van der Waals surface area (Å²) in [5.41, 5.74) is 3.63. The number of para-hydroxylation sites is 1. The smallest absolute Gasteiger partial charge is 0.287 e. The lowest BCUT2D eigenvalue weighted by Crippen LogP contribution is -2.25. The van der Waals surface area contributed by atoms with Crippen molar-refractivity contribution in [2.24, 2.45) is 0 Å². The molecule has 2 aromatic heterocycles. The van der Waals surface area contributed by atoms with Gasteiger partial charge in [0.1, 0.15) is 5.76 Å². The van der Waals surface area contributed by atoms with Crippen molar-refractivity contribution >= 4 is 16.8 Å². The second kappa shape index (κ2) is 7.38. The molecule has 0 aliphatic carbocycles. The number of rotatable bonds is 6. The van der Waals surface area contributed by atoms with Crippen LogP contribution in [0.25, 0.3) is 10.9 Å². The fraction of sp³-hybridized carbons (Fsp3) is 0.381. The zero-order valence-corrected chi connectivity index (χ0v) is 15.2. The molecule has 5 nitrogen and oxygen atoms in total. The van der Waals surface area contributed by atoms with Crippen LogP contribution in [0.1, 0.15) is 40.3 Å². The van der Waals surface area contributed by atoms with Crippen molar-refractivity contribution < 1.29 is 9.21 Å². The Hall–Kier alpha value is -2.53.